The summed E-state index contributed by atoms with van der Waals surface area (Å²) in [5.74, 6) is -0.526. The molecule has 0 unspecified atom stereocenters. The Kier molecular flexibility index (Phi) is 4.91. The SMILES string of the molecule is O=C(NN=Cc1ccc(C(F)(F)F)cc1)c1cc2cc([N+](=O)[O-])ccc2s1. The Balaban J connectivity index is 1.69. The average molecular weight is 393 g/mol. The molecule has 1 amide bonds. The number of nitro benzene ring substituents is 1. The normalized spacial score (nSPS) is 11.8. The molecule has 6 nitrogen and oxygen atoms in total. The lowest BCUT2D eigenvalue weighted by atomic mass is 10.1. The Labute approximate surface area is 154 Å². The summed E-state index contributed by atoms with van der Waals surface area (Å²) in [7, 11) is 0. The number of halogens is 3. The Bertz CT molecular complexity index is 1040. The maximum absolute atomic E-state index is 12.5. The lowest BCUT2D eigenvalue weighted by molar-refractivity contribution is -0.384. The summed E-state index contributed by atoms with van der Waals surface area (Å²) in [5, 5.41) is 15.1. The van der Waals surface area contributed by atoms with Crippen LogP contribution in [0.3, 0.4) is 0 Å². The lowest BCUT2D eigenvalue weighted by Crippen LogP contribution is -2.16. The first-order valence-corrected chi connectivity index (χ1v) is 8.24. The molecular formula is C17H10F3N3O3S. The summed E-state index contributed by atoms with van der Waals surface area (Å²) < 4.78 is 38.2. The minimum atomic E-state index is -4.42. The fraction of sp³-hybridized carbons (Fsp3) is 0.0588. The lowest BCUT2D eigenvalue weighted by Gasteiger charge is -2.05. The number of thiophene rings is 1. The first-order chi connectivity index (χ1) is 12.7. The number of alkyl halides is 3. The Hall–Kier alpha value is -3.27. The highest BCUT2D eigenvalue weighted by atomic mass is 32.1. The number of amides is 1. The van der Waals surface area contributed by atoms with Crippen LogP contribution in [0.25, 0.3) is 10.1 Å². The minimum Gasteiger partial charge on any atom is -0.266 e. The Morgan fingerprint density at radius 2 is 1.85 bits per heavy atom. The first kappa shape index (κ1) is 18.5. The number of nitrogens with zero attached hydrogens (tertiary/aromatic N) is 2. The fourth-order valence-electron chi connectivity index (χ4n) is 2.23. The minimum absolute atomic E-state index is 0.0763. The molecule has 3 aromatic rings. The molecule has 2 aromatic carbocycles. The van der Waals surface area contributed by atoms with Gasteiger partial charge in [0.15, 0.2) is 0 Å². The summed E-state index contributed by atoms with van der Waals surface area (Å²) in [6.45, 7) is 0. The monoisotopic (exact) mass is 393 g/mol. The molecule has 0 bridgehead atoms. The summed E-state index contributed by atoms with van der Waals surface area (Å²) in [6, 6.07) is 10.1. The molecule has 0 fully saturated rings. The van der Waals surface area contributed by atoms with Crippen LogP contribution in [0, 0.1) is 10.1 Å². The molecule has 0 radical (unpaired) electrons. The van der Waals surface area contributed by atoms with Crippen LogP contribution in [-0.4, -0.2) is 17.0 Å². The van der Waals surface area contributed by atoms with Crippen LogP contribution in [0.4, 0.5) is 18.9 Å². The van der Waals surface area contributed by atoms with E-state index in [0.29, 0.717) is 20.5 Å². The molecule has 0 aliphatic rings. The quantitative estimate of drug-likeness (QED) is 0.400. The number of benzene rings is 2. The number of fused-ring (bicyclic) bond motifs is 1. The fourth-order valence-corrected chi connectivity index (χ4v) is 3.17. The van der Waals surface area contributed by atoms with Gasteiger partial charge in [0.2, 0.25) is 0 Å². The predicted octanol–water partition coefficient (Wildman–Crippen LogP) is 4.59. The number of nitro groups is 1. The molecular weight excluding hydrogens is 383 g/mol. The highest BCUT2D eigenvalue weighted by molar-refractivity contribution is 7.20. The molecule has 1 aromatic heterocycles. The third kappa shape index (κ3) is 4.29. The van der Waals surface area contributed by atoms with E-state index in [0.717, 1.165) is 23.5 Å². The van der Waals surface area contributed by atoms with Crippen molar-refractivity contribution < 1.29 is 22.9 Å². The average Bonchev–Trinajstić information content (AvgIpc) is 3.04. The highest BCUT2D eigenvalue weighted by Gasteiger charge is 2.29. The van der Waals surface area contributed by atoms with Gasteiger partial charge >= 0.3 is 6.18 Å². The molecule has 0 saturated carbocycles. The molecule has 0 aliphatic heterocycles. The number of hydrazone groups is 1. The van der Waals surface area contributed by atoms with Crippen molar-refractivity contribution in [3.8, 4) is 0 Å². The molecule has 0 spiro atoms. The van der Waals surface area contributed by atoms with Crippen molar-refractivity contribution in [3.05, 3.63) is 74.6 Å². The van der Waals surface area contributed by atoms with E-state index >= 15 is 0 Å². The molecule has 1 heterocycles. The van der Waals surface area contributed by atoms with Crippen molar-refractivity contribution in [1.82, 2.24) is 5.43 Å². The van der Waals surface area contributed by atoms with Crippen molar-refractivity contribution in [2.24, 2.45) is 5.10 Å². The van der Waals surface area contributed by atoms with Crippen molar-refractivity contribution in [2.45, 2.75) is 6.18 Å². The van der Waals surface area contributed by atoms with Gasteiger partial charge in [0.25, 0.3) is 11.6 Å². The van der Waals surface area contributed by atoms with Crippen molar-refractivity contribution >= 4 is 39.2 Å². The smallest absolute Gasteiger partial charge is 0.266 e. The zero-order valence-electron chi connectivity index (χ0n) is 13.4. The van der Waals surface area contributed by atoms with Gasteiger partial charge in [-0.2, -0.15) is 18.3 Å². The topological polar surface area (TPSA) is 84.6 Å². The first-order valence-electron chi connectivity index (χ1n) is 7.43. The zero-order valence-corrected chi connectivity index (χ0v) is 14.2. The van der Waals surface area contributed by atoms with Crippen molar-refractivity contribution in [2.75, 3.05) is 0 Å². The van der Waals surface area contributed by atoms with E-state index in [1.807, 2.05) is 0 Å². The van der Waals surface area contributed by atoms with Gasteiger partial charge in [-0.3, -0.25) is 14.9 Å². The largest absolute Gasteiger partial charge is 0.416 e. The molecule has 10 heteroatoms. The molecule has 3 rings (SSSR count). The van der Waals surface area contributed by atoms with E-state index < -0.39 is 22.6 Å². The van der Waals surface area contributed by atoms with E-state index in [9.17, 15) is 28.1 Å². The van der Waals surface area contributed by atoms with Crippen LogP contribution in [-0.2, 0) is 6.18 Å². The predicted molar refractivity (Wildman–Crippen MR) is 95.0 cm³/mol. The summed E-state index contributed by atoms with van der Waals surface area (Å²) in [4.78, 5) is 22.7. The summed E-state index contributed by atoms with van der Waals surface area (Å²) in [5.41, 5.74) is 1.81. The van der Waals surface area contributed by atoms with Gasteiger partial charge in [-0.15, -0.1) is 11.3 Å². The van der Waals surface area contributed by atoms with Gasteiger partial charge < -0.3 is 0 Å². The van der Waals surface area contributed by atoms with Crippen LogP contribution in [0.2, 0.25) is 0 Å². The number of carbonyl (C=O) groups excluding carboxylic acids is 1. The number of hydrogen-bond acceptors (Lipinski definition) is 5. The molecule has 0 aliphatic carbocycles. The number of rotatable bonds is 4. The van der Waals surface area contributed by atoms with Crippen LogP contribution in [0.5, 0.6) is 0 Å². The van der Waals surface area contributed by atoms with Crippen LogP contribution in [0.1, 0.15) is 20.8 Å². The second-order valence-corrected chi connectivity index (χ2v) is 6.49. The molecule has 138 valence electrons. The van der Waals surface area contributed by atoms with Gasteiger partial charge in [-0.1, -0.05) is 12.1 Å². The van der Waals surface area contributed by atoms with Gasteiger partial charge in [0, 0.05) is 22.2 Å². The zero-order chi connectivity index (χ0) is 19.6. The number of nitrogens with one attached hydrogen (secondary N) is 1. The van der Waals surface area contributed by atoms with Crippen LogP contribution < -0.4 is 5.43 Å². The van der Waals surface area contributed by atoms with E-state index in [1.165, 1.54) is 36.5 Å². The summed E-state index contributed by atoms with van der Waals surface area (Å²) >= 11 is 1.14. The van der Waals surface area contributed by atoms with Gasteiger partial charge in [-0.25, -0.2) is 5.43 Å². The second kappa shape index (κ2) is 7.16. The maximum Gasteiger partial charge on any atom is 0.416 e. The van der Waals surface area contributed by atoms with E-state index in [-0.39, 0.29) is 5.69 Å². The van der Waals surface area contributed by atoms with Crippen LogP contribution >= 0.6 is 11.3 Å². The molecule has 1 N–H and O–H groups in total. The van der Waals surface area contributed by atoms with Crippen LogP contribution in [0.15, 0.2) is 53.6 Å². The highest BCUT2D eigenvalue weighted by Crippen LogP contribution is 2.29. The number of carbonyl (C=O) groups is 1. The Morgan fingerprint density at radius 1 is 1.15 bits per heavy atom. The van der Waals surface area contributed by atoms with E-state index in [4.69, 9.17) is 0 Å². The number of non-ortho nitro benzene ring substituents is 1. The van der Waals surface area contributed by atoms with Crippen molar-refractivity contribution in [3.63, 3.8) is 0 Å². The van der Waals surface area contributed by atoms with Gasteiger partial charge in [-0.05, 0) is 29.8 Å². The van der Waals surface area contributed by atoms with E-state index in [1.54, 1.807) is 6.07 Å². The Morgan fingerprint density at radius 3 is 2.48 bits per heavy atom. The third-order valence-corrected chi connectivity index (χ3v) is 4.67. The third-order valence-electron chi connectivity index (χ3n) is 3.55. The number of hydrogen-bond donors (Lipinski definition) is 1. The van der Waals surface area contributed by atoms with E-state index in [2.05, 4.69) is 10.5 Å². The summed E-state index contributed by atoms with van der Waals surface area (Å²) in [6.07, 6.45) is -3.20. The maximum atomic E-state index is 12.5. The molecule has 0 saturated heterocycles. The van der Waals surface area contributed by atoms with Gasteiger partial charge in [0.05, 0.1) is 21.6 Å². The standard InChI is InChI=1S/C17H10F3N3O3S/c18-17(19,20)12-3-1-10(2-4-12)9-21-22-16(24)15-8-11-7-13(23(25)26)5-6-14(11)27-15/h1-9H,(H,22,24). The molecule has 27 heavy (non-hydrogen) atoms. The van der Waals surface area contributed by atoms with Crippen molar-refractivity contribution in [1.29, 1.82) is 0 Å². The molecule has 0 atom stereocenters. The second-order valence-electron chi connectivity index (χ2n) is 5.41. The van der Waals surface area contributed by atoms with Gasteiger partial charge in [0.1, 0.15) is 0 Å².